The standard InChI is InChI=1S/C16H21N3O/c1-20-16-7-2-6-15(11-16)19(10-4-8-17)13-14-5-3-9-18-12-14/h2-3,5-7,9,11-12H,4,8,10,13,17H2,1H3. The van der Waals surface area contributed by atoms with Gasteiger partial charge >= 0.3 is 0 Å². The van der Waals surface area contributed by atoms with E-state index < -0.39 is 0 Å². The molecule has 20 heavy (non-hydrogen) atoms. The zero-order chi connectivity index (χ0) is 14.2. The Bertz CT molecular complexity index is 516. The molecule has 0 radical (unpaired) electrons. The van der Waals surface area contributed by atoms with Gasteiger partial charge in [0.1, 0.15) is 5.75 Å². The highest BCUT2D eigenvalue weighted by molar-refractivity contribution is 5.51. The number of aromatic nitrogens is 1. The van der Waals surface area contributed by atoms with Crippen molar-refractivity contribution in [1.82, 2.24) is 4.98 Å². The van der Waals surface area contributed by atoms with Gasteiger partial charge in [-0.1, -0.05) is 12.1 Å². The van der Waals surface area contributed by atoms with Crippen molar-refractivity contribution in [2.45, 2.75) is 13.0 Å². The highest BCUT2D eigenvalue weighted by Gasteiger charge is 2.08. The van der Waals surface area contributed by atoms with Gasteiger partial charge in [-0.25, -0.2) is 0 Å². The number of ether oxygens (including phenoxy) is 1. The summed E-state index contributed by atoms with van der Waals surface area (Å²) in [6, 6.07) is 12.1. The lowest BCUT2D eigenvalue weighted by molar-refractivity contribution is 0.414. The summed E-state index contributed by atoms with van der Waals surface area (Å²) in [5, 5.41) is 0. The summed E-state index contributed by atoms with van der Waals surface area (Å²) in [5.74, 6) is 0.867. The predicted molar refractivity (Wildman–Crippen MR) is 82.0 cm³/mol. The molecule has 106 valence electrons. The number of nitrogens with two attached hydrogens (primary N) is 1. The molecule has 4 heteroatoms. The van der Waals surface area contributed by atoms with Crippen molar-refractivity contribution in [3.63, 3.8) is 0 Å². The first kappa shape index (κ1) is 14.3. The van der Waals surface area contributed by atoms with Crippen LogP contribution in [0.2, 0.25) is 0 Å². The third-order valence-electron chi connectivity index (χ3n) is 3.15. The molecule has 2 rings (SSSR count). The number of methoxy groups -OCH3 is 1. The summed E-state index contributed by atoms with van der Waals surface area (Å²) in [5.41, 5.74) is 7.97. The molecule has 1 aromatic heterocycles. The van der Waals surface area contributed by atoms with Crippen LogP contribution in [0, 0.1) is 0 Å². The van der Waals surface area contributed by atoms with Crippen molar-refractivity contribution in [2.24, 2.45) is 5.73 Å². The van der Waals surface area contributed by atoms with Gasteiger partial charge in [-0.15, -0.1) is 0 Å². The molecule has 0 aliphatic carbocycles. The third kappa shape index (κ3) is 3.96. The maximum Gasteiger partial charge on any atom is 0.120 e. The minimum atomic E-state index is 0.688. The molecule has 4 nitrogen and oxygen atoms in total. The molecule has 0 fully saturated rings. The van der Waals surface area contributed by atoms with Crippen molar-refractivity contribution in [2.75, 3.05) is 25.1 Å². The van der Waals surface area contributed by atoms with E-state index in [1.165, 1.54) is 5.56 Å². The van der Waals surface area contributed by atoms with Crippen molar-refractivity contribution in [3.8, 4) is 5.75 Å². The molecular formula is C16H21N3O. The second-order valence-corrected chi connectivity index (χ2v) is 4.63. The molecule has 0 aliphatic heterocycles. The Hall–Kier alpha value is -2.07. The van der Waals surface area contributed by atoms with E-state index >= 15 is 0 Å². The van der Waals surface area contributed by atoms with Crippen LogP contribution in [-0.2, 0) is 6.54 Å². The largest absolute Gasteiger partial charge is 0.497 e. The van der Waals surface area contributed by atoms with Crippen LogP contribution >= 0.6 is 0 Å². The second-order valence-electron chi connectivity index (χ2n) is 4.63. The minimum Gasteiger partial charge on any atom is -0.497 e. The average molecular weight is 271 g/mol. The first-order chi connectivity index (χ1) is 9.83. The molecule has 0 atom stereocenters. The number of hydrogen-bond acceptors (Lipinski definition) is 4. The van der Waals surface area contributed by atoms with Gasteiger partial charge in [0.15, 0.2) is 0 Å². The lowest BCUT2D eigenvalue weighted by atomic mass is 10.2. The van der Waals surface area contributed by atoms with E-state index in [0.29, 0.717) is 6.54 Å². The van der Waals surface area contributed by atoms with E-state index in [1.807, 2.05) is 30.5 Å². The Morgan fingerprint density at radius 2 is 2.15 bits per heavy atom. The molecule has 0 saturated carbocycles. The minimum absolute atomic E-state index is 0.688. The van der Waals surface area contributed by atoms with Crippen molar-refractivity contribution >= 4 is 5.69 Å². The number of benzene rings is 1. The van der Waals surface area contributed by atoms with Crippen molar-refractivity contribution < 1.29 is 4.74 Å². The van der Waals surface area contributed by atoms with E-state index in [9.17, 15) is 0 Å². The van der Waals surface area contributed by atoms with E-state index in [2.05, 4.69) is 22.0 Å². The van der Waals surface area contributed by atoms with Gasteiger partial charge in [0.05, 0.1) is 7.11 Å². The summed E-state index contributed by atoms with van der Waals surface area (Å²) in [4.78, 5) is 6.47. The highest BCUT2D eigenvalue weighted by atomic mass is 16.5. The SMILES string of the molecule is COc1cccc(N(CCCN)Cc2cccnc2)c1. The first-order valence-electron chi connectivity index (χ1n) is 6.81. The van der Waals surface area contributed by atoms with Crippen LogP contribution < -0.4 is 15.4 Å². The van der Waals surface area contributed by atoms with Crippen LogP contribution in [0.1, 0.15) is 12.0 Å². The number of nitrogens with zero attached hydrogens (tertiary/aromatic N) is 2. The normalized spacial score (nSPS) is 10.3. The molecule has 2 N–H and O–H groups in total. The molecule has 0 amide bonds. The maximum atomic E-state index is 5.64. The fraction of sp³-hybridized carbons (Fsp3) is 0.312. The van der Waals surface area contributed by atoms with Crippen molar-refractivity contribution in [3.05, 3.63) is 54.4 Å². The van der Waals surface area contributed by atoms with E-state index in [1.54, 1.807) is 13.3 Å². The Morgan fingerprint density at radius 1 is 1.25 bits per heavy atom. The predicted octanol–water partition coefficient (Wildman–Crippen LogP) is 2.45. The van der Waals surface area contributed by atoms with E-state index in [4.69, 9.17) is 10.5 Å². The summed E-state index contributed by atoms with van der Waals surface area (Å²) >= 11 is 0. The van der Waals surface area contributed by atoms with Crippen LogP contribution in [0.4, 0.5) is 5.69 Å². The third-order valence-corrected chi connectivity index (χ3v) is 3.15. The van der Waals surface area contributed by atoms with Crippen LogP contribution in [0.15, 0.2) is 48.8 Å². The molecule has 0 bridgehead atoms. The maximum absolute atomic E-state index is 5.64. The van der Waals surface area contributed by atoms with Gasteiger partial charge in [0, 0.05) is 37.2 Å². The first-order valence-corrected chi connectivity index (χ1v) is 6.81. The summed E-state index contributed by atoms with van der Waals surface area (Å²) in [7, 11) is 1.68. The topological polar surface area (TPSA) is 51.4 Å². The van der Waals surface area contributed by atoms with Crippen molar-refractivity contribution in [1.29, 1.82) is 0 Å². The second kappa shape index (κ2) is 7.50. The molecule has 2 aromatic rings. The lowest BCUT2D eigenvalue weighted by Crippen LogP contribution is -2.25. The molecule has 0 saturated heterocycles. The van der Waals surface area contributed by atoms with Gasteiger partial charge < -0.3 is 15.4 Å². The summed E-state index contributed by atoms with van der Waals surface area (Å²) in [6.45, 7) is 2.42. The van der Waals surface area contributed by atoms with Gasteiger partial charge in [-0.05, 0) is 36.7 Å². The van der Waals surface area contributed by atoms with Crippen LogP contribution in [0.5, 0.6) is 5.75 Å². The molecule has 0 unspecified atom stereocenters. The lowest BCUT2D eigenvalue weighted by Gasteiger charge is -2.25. The van der Waals surface area contributed by atoms with E-state index in [0.717, 1.165) is 30.9 Å². The van der Waals surface area contributed by atoms with Crippen LogP contribution in [0.25, 0.3) is 0 Å². The fourth-order valence-electron chi connectivity index (χ4n) is 2.10. The average Bonchev–Trinajstić information content (AvgIpc) is 2.52. The Balaban J connectivity index is 2.17. The molecule has 0 spiro atoms. The Morgan fingerprint density at radius 3 is 2.85 bits per heavy atom. The van der Waals surface area contributed by atoms with Crippen LogP contribution in [-0.4, -0.2) is 25.2 Å². The molecule has 1 aromatic carbocycles. The van der Waals surface area contributed by atoms with E-state index in [-0.39, 0.29) is 0 Å². The number of pyridine rings is 1. The Labute approximate surface area is 120 Å². The fourth-order valence-corrected chi connectivity index (χ4v) is 2.10. The Kier molecular flexibility index (Phi) is 5.38. The number of hydrogen-bond donors (Lipinski definition) is 1. The van der Waals surface area contributed by atoms with Gasteiger partial charge in [-0.2, -0.15) is 0 Å². The molecule has 1 heterocycles. The zero-order valence-corrected chi connectivity index (χ0v) is 11.8. The smallest absolute Gasteiger partial charge is 0.120 e. The summed E-state index contributed by atoms with van der Waals surface area (Å²) in [6.07, 6.45) is 4.65. The monoisotopic (exact) mass is 271 g/mol. The van der Waals surface area contributed by atoms with Gasteiger partial charge in [0.25, 0.3) is 0 Å². The zero-order valence-electron chi connectivity index (χ0n) is 11.8. The molecular weight excluding hydrogens is 250 g/mol. The highest BCUT2D eigenvalue weighted by Crippen LogP contribution is 2.22. The van der Waals surface area contributed by atoms with Gasteiger partial charge in [-0.3, -0.25) is 4.98 Å². The van der Waals surface area contributed by atoms with Crippen LogP contribution in [0.3, 0.4) is 0 Å². The number of rotatable bonds is 7. The number of anilines is 1. The molecule has 0 aliphatic rings. The summed E-state index contributed by atoms with van der Waals surface area (Å²) < 4.78 is 5.30. The quantitative estimate of drug-likeness (QED) is 0.840. The van der Waals surface area contributed by atoms with Gasteiger partial charge in [0.2, 0.25) is 0 Å².